The van der Waals surface area contributed by atoms with Crippen LogP contribution >= 0.6 is 11.3 Å². The second-order valence-corrected chi connectivity index (χ2v) is 8.34. The number of fused-ring (bicyclic) bond motifs is 5. The second-order valence-electron chi connectivity index (χ2n) is 7.48. The molecule has 2 heterocycles. The topological polar surface area (TPSA) is 79.4 Å². The molecule has 1 saturated heterocycles. The Hall–Kier alpha value is -2.94. The van der Waals surface area contributed by atoms with Crippen LogP contribution in [0.4, 0.5) is 13.9 Å². The Bertz CT molecular complexity index is 1050. The van der Waals surface area contributed by atoms with E-state index in [0.29, 0.717) is 11.3 Å². The van der Waals surface area contributed by atoms with E-state index in [1.54, 1.807) is 5.38 Å². The molecule has 5 rings (SSSR count). The molecule has 3 aliphatic rings. The van der Waals surface area contributed by atoms with Crippen LogP contribution in [0.5, 0.6) is 0 Å². The van der Waals surface area contributed by atoms with E-state index in [1.165, 1.54) is 6.07 Å². The highest BCUT2D eigenvalue weighted by atomic mass is 32.1. The number of hydrogen-bond acceptors (Lipinski definition) is 5. The fourth-order valence-electron chi connectivity index (χ4n) is 4.54. The number of nitrogens with one attached hydrogen (secondary N) is 1. The van der Waals surface area contributed by atoms with Crippen molar-refractivity contribution in [1.82, 2.24) is 9.88 Å². The van der Waals surface area contributed by atoms with Crippen LogP contribution in [0.3, 0.4) is 0 Å². The fraction of sp³-hybridized carbons (Fsp3) is 0.300. The van der Waals surface area contributed by atoms with Gasteiger partial charge in [-0.3, -0.25) is 19.3 Å². The van der Waals surface area contributed by atoms with E-state index in [-0.39, 0.29) is 47.2 Å². The number of carbonyl (C=O) groups excluding carboxylic acids is 3. The third kappa shape index (κ3) is 2.88. The maximum absolute atomic E-state index is 13.4. The third-order valence-electron chi connectivity index (χ3n) is 5.83. The number of rotatable bonds is 4. The quantitative estimate of drug-likeness (QED) is 0.615. The predicted octanol–water partition coefficient (Wildman–Crippen LogP) is 2.83. The van der Waals surface area contributed by atoms with E-state index in [0.717, 1.165) is 34.8 Å². The number of likely N-dealkylation sites (tertiary alicyclic amines) is 1. The first kappa shape index (κ1) is 18.1. The smallest absolute Gasteiger partial charge is 0.246 e. The molecule has 148 valence electrons. The van der Waals surface area contributed by atoms with E-state index < -0.39 is 17.5 Å². The van der Waals surface area contributed by atoms with Gasteiger partial charge in [0.05, 0.1) is 17.5 Å². The number of nitrogens with zero attached hydrogens (tertiary/aromatic N) is 2. The molecule has 1 aromatic carbocycles. The first-order chi connectivity index (χ1) is 13.9. The van der Waals surface area contributed by atoms with E-state index in [4.69, 9.17) is 0 Å². The van der Waals surface area contributed by atoms with Gasteiger partial charge in [-0.1, -0.05) is 12.2 Å². The third-order valence-corrected chi connectivity index (χ3v) is 6.59. The van der Waals surface area contributed by atoms with E-state index in [9.17, 15) is 23.2 Å². The van der Waals surface area contributed by atoms with E-state index in [1.807, 2.05) is 12.2 Å². The highest BCUT2D eigenvalue weighted by Crippen LogP contribution is 2.52. The summed E-state index contributed by atoms with van der Waals surface area (Å²) in [5.74, 6) is -3.54. The standard InChI is InChI=1S/C20H15F2N3O3S/c21-12-4-3-9(6-13(12)22)14-8-29-20(23-14)24-15(26)7-25-18(27)16-10-1-2-11(5-10)17(16)19(25)28/h1-4,6,8,10-11,16-17H,5,7H2,(H,23,24,26). The number of aromatic nitrogens is 1. The Morgan fingerprint density at radius 3 is 2.48 bits per heavy atom. The summed E-state index contributed by atoms with van der Waals surface area (Å²) < 4.78 is 26.5. The van der Waals surface area contributed by atoms with Gasteiger partial charge in [0, 0.05) is 10.9 Å². The van der Waals surface area contributed by atoms with Gasteiger partial charge in [-0.15, -0.1) is 11.3 Å². The van der Waals surface area contributed by atoms with Gasteiger partial charge in [-0.05, 0) is 36.5 Å². The van der Waals surface area contributed by atoms with Gasteiger partial charge in [-0.2, -0.15) is 0 Å². The molecular weight excluding hydrogens is 400 g/mol. The molecule has 2 aliphatic carbocycles. The van der Waals surface area contributed by atoms with Gasteiger partial charge < -0.3 is 5.32 Å². The van der Waals surface area contributed by atoms with Gasteiger partial charge in [0.25, 0.3) is 0 Å². The molecule has 1 aromatic heterocycles. The normalized spacial score (nSPS) is 27.0. The molecule has 4 atom stereocenters. The minimum absolute atomic E-state index is 0.0899. The van der Waals surface area contributed by atoms with Crippen molar-refractivity contribution in [2.45, 2.75) is 6.42 Å². The van der Waals surface area contributed by atoms with Crippen LogP contribution in [0.25, 0.3) is 11.3 Å². The highest BCUT2D eigenvalue weighted by Gasteiger charge is 2.59. The van der Waals surface area contributed by atoms with Crippen LogP contribution in [0.2, 0.25) is 0 Å². The second kappa shape index (κ2) is 6.55. The predicted molar refractivity (Wildman–Crippen MR) is 101 cm³/mol. The largest absolute Gasteiger partial charge is 0.300 e. The van der Waals surface area contributed by atoms with Gasteiger partial charge >= 0.3 is 0 Å². The van der Waals surface area contributed by atoms with Gasteiger partial charge in [-0.25, -0.2) is 13.8 Å². The maximum Gasteiger partial charge on any atom is 0.246 e. The van der Waals surface area contributed by atoms with Crippen molar-refractivity contribution >= 4 is 34.2 Å². The summed E-state index contributed by atoms with van der Waals surface area (Å²) in [6.45, 7) is -0.357. The Morgan fingerprint density at radius 2 is 1.83 bits per heavy atom. The van der Waals surface area contributed by atoms with Crippen LogP contribution in [0.1, 0.15) is 6.42 Å². The molecule has 2 aromatic rings. The summed E-state index contributed by atoms with van der Waals surface area (Å²) in [6.07, 6.45) is 4.82. The number of thiazole rings is 1. The zero-order chi connectivity index (χ0) is 20.3. The lowest BCUT2D eigenvalue weighted by atomic mass is 9.85. The number of allylic oxidation sites excluding steroid dienone is 2. The van der Waals surface area contributed by atoms with Gasteiger partial charge in [0.2, 0.25) is 17.7 Å². The van der Waals surface area contributed by atoms with Crippen LogP contribution in [0.15, 0.2) is 35.7 Å². The lowest BCUT2D eigenvalue weighted by Gasteiger charge is -2.16. The molecule has 1 aliphatic heterocycles. The Balaban J connectivity index is 1.26. The van der Waals surface area contributed by atoms with Crippen LogP contribution < -0.4 is 5.32 Å². The van der Waals surface area contributed by atoms with Crippen molar-refractivity contribution in [3.8, 4) is 11.3 Å². The number of amides is 3. The van der Waals surface area contributed by atoms with Crippen molar-refractivity contribution in [2.24, 2.45) is 23.7 Å². The average Bonchev–Trinajstić information content (AvgIpc) is 3.46. The average molecular weight is 415 g/mol. The molecule has 0 spiro atoms. The summed E-state index contributed by atoms with van der Waals surface area (Å²) >= 11 is 1.11. The number of hydrogen-bond donors (Lipinski definition) is 1. The summed E-state index contributed by atoms with van der Waals surface area (Å²) in [5, 5.41) is 4.41. The molecule has 0 radical (unpaired) electrons. The minimum atomic E-state index is -0.985. The molecule has 29 heavy (non-hydrogen) atoms. The lowest BCUT2D eigenvalue weighted by Crippen LogP contribution is -2.39. The number of imide groups is 1. The molecule has 2 fully saturated rings. The molecular formula is C20H15F2N3O3S. The molecule has 2 bridgehead atoms. The van der Waals surface area contributed by atoms with Crippen molar-refractivity contribution < 1.29 is 23.2 Å². The van der Waals surface area contributed by atoms with Crippen LogP contribution in [-0.4, -0.2) is 34.2 Å². The van der Waals surface area contributed by atoms with Crippen molar-refractivity contribution in [3.63, 3.8) is 0 Å². The zero-order valence-corrected chi connectivity index (χ0v) is 15.8. The monoisotopic (exact) mass is 415 g/mol. The summed E-state index contributed by atoms with van der Waals surface area (Å²) in [5.41, 5.74) is 0.760. The van der Waals surface area contributed by atoms with Gasteiger partial charge in [0.1, 0.15) is 6.54 Å². The van der Waals surface area contributed by atoms with Crippen LogP contribution in [0, 0.1) is 35.3 Å². The lowest BCUT2D eigenvalue weighted by molar-refractivity contribution is -0.143. The first-order valence-electron chi connectivity index (χ1n) is 9.16. The maximum atomic E-state index is 13.4. The minimum Gasteiger partial charge on any atom is -0.300 e. The highest BCUT2D eigenvalue weighted by molar-refractivity contribution is 7.14. The Labute approximate surface area is 168 Å². The summed E-state index contributed by atoms with van der Waals surface area (Å²) in [4.78, 5) is 42.9. The van der Waals surface area contributed by atoms with Crippen LogP contribution in [-0.2, 0) is 14.4 Å². The molecule has 1 N–H and O–H groups in total. The molecule has 9 heteroatoms. The number of halogens is 2. The molecule has 1 saturated carbocycles. The fourth-order valence-corrected chi connectivity index (χ4v) is 5.28. The van der Waals surface area contributed by atoms with Crippen molar-refractivity contribution in [2.75, 3.05) is 11.9 Å². The van der Waals surface area contributed by atoms with E-state index >= 15 is 0 Å². The first-order valence-corrected chi connectivity index (χ1v) is 10.0. The summed E-state index contributed by atoms with van der Waals surface area (Å²) in [7, 11) is 0. The van der Waals surface area contributed by atoms with Crippen molar-refractivity contribution in [1.29, 1.82) is 0 Å². The number of benzene rings is 1. The number of carbonyl (C=O) groups is 3. The SMILES string of the molecule is O=C(CN1C(=O)C2C3C=CC(C3)C2C1=O)Nc1nc(-c2ccc(F)c(F)c2)cs1. The van der Waals surface area contributed by atoms with Crippen molar-refractivity contribution in [3.05, 3.63) is 47.4 Å². The van der Waals surface area contributed by atoms with Gasteiger partial charge in [0.15, 0.2) is 16.8 Å². The molecule has 4 unspecified atom stereocenters. The van der Waals surface area contributed by atoms with E-state index in [2.05, 4.69) is 10.3 Å². The zero-order valence-electron chi connectivity index (χ0n) is 15.0. The Kier molecular flexibility index (Phi) is 4.09. The Morgan fingerprint density at radius 1 is 1.14 bits per heavy atom. The number of anilines is 1. The molecule has 3 amide bonds. The summed E-state index contributed by atoms with van der Waals surface area (Å²) in [6, 6.07) is 3.42. The molecule has 6 nitrogen and oxygen atoms in total.